The fraction of sp³-hybridized carbons (Fsp3) is 0.462. The van der Waals surface area contributed by atoms with E-state index in [9.17, 15) is 9.59 Å². The van der Waals surface area contributed by atoms with Crippen LogP contribution in [0.1, 0.15) is 55.5 Å². The Balaban J connectivity index is 1.60. The molecule has 6 nitrogen and oxygen atoms in total. The second-order valence-corrected chi connectivity index (χ2v) is 10.0. The van der Waals surface area contributed by atoms with Gasteiger partial charge in [0.25, 0.3) is 5.91 Å². The third kappa shape index (κ3) is 6.06. The number of hydrogen-bond donors (Lipinski definition) is 2. The quantitative estimate of drug-likeness (QED) is 0.604. The van der Waals surface area contributed by atoms with Crippen LogP contribution < -0.4 is 15.8 Å². The molecule has 0 unspecified atom stereocenters. The minimum atomic E-state index is -1.05. The van der Waals surface area contributed by atoms with Gasteiger partial charge in [-0.1, -0.05) is 29.8 Å². The number of carbonyl (C=O) groups is 2. The van der Waals surface area contributed by atoms with Crippen molar-refractivity contribution >= 4 is 23.4 Å². The highest BCUT2D eigenvalue weighted by Crippen LogP contribution is 2.37. The van der Waals surface area contributed by atoms with Crippen LogP contribution in [0, 0.1) is 0 Å². The van der Waals surface area contributed by atoms with Crippen LogP contribution >= 0.6 is 11.6 Å². The standard InChI is InChI=1S/C26H34ClN3O3/c1-25(2,33-21-11-9-18(10-12-21)23(28)31)24(32)29-20-13-15-26(16-14-20,30(3)4)17-19-7-5-6-8-22(19)27/h5-12,20H,13-17H2,1-4H3,(H2,28,31)(H,29,32). The number of benzene rings is 2. The largest absolute Gasteiger partial charge is 0.478 e. The molecule has 0 bridgehead atoms. The molecule has 7 heteroatoms. The van der Waals surface area contributed by atoms with Gasteiger partial charge in [-0.25, -0.2) is 0 Å². The van der Waals surface area contributed by atoms with Gasteiger partial charge in [-0.05, 0) is 95.9 Å². The number of halogens is 1. The van der Waals surface area contributed by atoms with Crippen molar-refractivity contribution in [1.82, 2.24) is 10.2 Å². The monoisotopic (exact) mass is 471 g/mol. The number of nitrogens with one attached hydrogen (secondary N) is 1. The number of carbonyl (C=O) groups excluding carboxylic acids is 2. The molecule has 0 aromatic heterocycles. The number of nitrogens with two attached hydrogens (primary N) is 1. The fourth-order valence-corrected chi connectivity index (χ4v) is 4.67. The average Bonchev–Trinajstić information content (AvgIpc) is 2.76. The molecule has 0 heterocycles. The van der Waals surface area contributed by atoms with Gasteiger partial charge in [-0.2, -0.15) is 0 Å². The molecule has 1 aliphatic carbocycles. The Kier molecular flexibility index (Phi) is 7.70. The molecule has 1 saturated carbocycles. The van der Waals surface area contributed by atoms with Crippen molar-refractivity contribution < 1.29 is 14.3 Å². The van der Waals surface area contributed by atoms with Gasteiger partial charge in [-0.3, -0.25) is 9.59 Å². The molecule has 2 aromatic carbocycles. The SMILES string of the molecule is CN(C)C1(Cc2ccccc2Cl)CCC(NC(=O)C(C)(C)Oc2ccc(C(N)=O)cc2)CC1. The molecular weight excluding hydrogens is 438 g/mol. The van der Waals surface area contributed by atoms with E-state index in [2.05, 4.69) is 30.4 Å². The molecule has 0 atom stereocenters. The summed E-state index contributed by atoms with van der Waals surface area (Å²) in [6.07, 6.45) is 4.59. The predicted molar refractivity (Wildman–Crippen MR) is 132 cm³/mol. The topological polar surface area (TPSA) is 84.7 Å². The van der Waals surface area contributed by atoms with E-state index in [1.165, 1.54) is 0 Å². The zero-order valence-electron chi connectivity index (χ0n) is 19.9. The first-order valence-corrected chi connectivity index (χ1v) is 11.7. The van der Waals surface area contributed by atoms with Gasteiger partial charge in [0.15, 0.2) is 5.60 Å². The van der Waals surface area contributed by atoms with Crippen LogP contribution in [-0.2, 0) is 11.2 Å². The minimum absolute atomic E-state index is 0.0143. The summed E-state index contributed by atoms with van der Waals surface area (Å²) in [7, 11) is 4.24. The third-order valence-corrected chi connectivity index (χ3v) is 7.10. The maximum atomic E-state index is 13.0. The number of nitrogens with zero attached hydrogens (tertiary/aromatic N) is 1. The molecule has 0 spiro atoms. The normalized spacial score (nSPS) is 21.0. The van der Waals surface area contributed by atoms with Crippen molar-refractivity contribution in [2.45, 2.75) is 63.1 Å². The van der Waals surface area contributed by atoms with Crippen LogP contribution in [-0.4, -0.2) is 48.0 Å². The molecule has 1 aliphatic rings. The van der Waals surface area contributed by atoms with Gasteiger partial charge in [0.05, 0.1) is 0 Å². The minimum Gasteiger partial charge on any atom is -0.478 e. The van der Waals surface area contributed by atoms with Crippen molar-refractivity contribution in [3.63, 3.8) is 0 Å². The number of primary amides is 1. The lowest BCUT2D eigenvalue weighted by atomic mass is 9.74. The van der Waals surface area contributed by atoms with Gasteiger partial charge in [0, 0.05) is 22.2 Å². The second kappa shape index (κ2) is 10.1. The van der Waals surface area contributed by atoms with Crippen molar-refractivity contribution in [1.29, 1.82) is 0 Å². The molecule has 0 aliphatic heterocycles. The Morgan fingerprint density at radius 3 is 2.27 bits per heavy atom. The Labute approximate surface area is 201 Å². The lowest BCUT2D eigenvalue weighted by molar-refractivity contribution is -0.135. The third-order valence-electron chi connectivity index (χ3n) is 6.74. The highest BCUT2D eigenvalue weighted by molar-refractivity contribution is 6.31. The molecule has 2 aromatic rings. The van der Waals surface area contributed by atoms with Crippen LogP contribution in [0.3, 0.4) is 0 Å². The molecule has 3 N–H and O–H groups in total. The molecule has 0 radical (unpaired) electrons. The predicted octanol–water partition coefficient (Wildman–Crippen LogP) is 4.20. The van der Waals surface area contributed by atoms with E-state index in [0.29, 0.717) is 11.3 Å². The highest BCUT2D eigenvalue weighted by atomic mass is 35.5. The summed E-state index contributed by atoms with van der Waals surface area (Å²) in [5.41, 5.74) is 5.79. The van der Waals surface area contributed by atoms with Gasteiger partial charge in [0.2, 0.25) is 5.91 Å². The summed E-state index contributed by atoms with van der Waals surface area (Å²) in [5.74, 6) is -0.149. The van der Waals surface area contributed by atoms with Gasteiger partial charge < -0.3 is 20.7 Å². The lowest BCUT2D eigenvalue weighted by Gasteiger charge is -2.46. The maximum absolute atomic E-state index is 13.0. The number of rotatable bonds is 8. The van der Waals surface area contributed by atoms with Crippen LogP contribution in [0.4, 0.5) is 0 Å². The maximum Gasteiger partial charge on any atom is 0.263 e. The lowest BCUT2D eigenvalue weighted by Crippen LogP contribution is -2.55. The number of likely N-dealkylation sites (N-methyl/N-ethyl adjacent to an activating group) is 1. The van der Waals surface area contributed by atoms with Gasteiger partial charge >= 0.3 is 0 Å². The number of amides is 2. The van der Waals surface area contributed by atoms with E-state index in [1.54, 1.807) is 38.1 Å². The number of ether oxygens (including phenoxy) is 1. The van der Waals surface area contributed by atoms with Gasteiger partial charge in [0.1, 0.15) is 5.75 Å². The summed E-state index contributed by atoms with van der Waals surface area (Å²) in [6.45, 7) is 3.49. The number of hydrogen-bond acceptors (Lipinski definition) is 4. The van der Waals surface area contributed by atoms with E-state index < -0.39 is 11.5 Å². The van der Waals surface area contributed by atoms with Crippen molar-refractivity contribution in [3.05, 3.63) is 64.7 Å². The Morgan fingerprint density at radius 2 is 1.73 bits per heavy atom. The molecule has 2 amide bonds. The summed E-state index contributed by atoms with van der Waals surface area (Å²) < 4.78 is 5.92. The van der Waals surface area contributed by atoms with Crippen LogP contribution in [0.2, 0.25) is 5.02 Å². The molecule has 3 rings (SSSR count). The summed E-state index contributed by atoms with van der Waals surface area (Å²) >= 11 is 6.44. The van der Waals surface area contributed by atoms with E-state index >= 15 is 0 Å². The Hall–Kier alpha value is -2.57. The van der Waals surface area contributed by atoms with Crippen LogP contribution in [0.5, 0.6) is 5.75 Å². The highest BCUT2D eigenvalue weighted by Gasteiger charge is 2.39. The van der Waals surface area contributed by atoms with Crippen LogP contribution in [0.15, 0.2) is 48.5 Å². The smallest absolute Gasteiger partial charge is 0.263 e. The van der Waals surface area contributed by atoms with Crippen molar-refractivity contribution in [2.75, 3.05) is 14.1 Å². The molecule has 0 saturated heterocycles. The van der Waals surface area contributed by atoms with E-state index in [4.69, 9.17) is 22.1 Å². The van der Waals surface area contributed by atoms with E-state index in [-0.39, 0.29) is 17.5 Å². The molecule has 33 heavy (non-hydrogen) atoms. The van der Waals surface area contributed by atoms with E-state index in [1.807, 2.05) is 18.2 Å². The first kappa shape index (κ1) is 25.1. The van der Waals surface area contributed by atoms with Gasteiger partial charge in [-0.15, -0.1) is 0 Å². The zero-order chi connectivity index (χ0) is 24.2. The fourth-order valence-electron chi connectivity index (χ4n) is 4.47. The van der Waals surface area contributed by atoms with Crippen molar-refractivity contribution in [3.8, 4) is 5.75 Å². The van der Waals surface area contributed by atoms with E-state index in [0.717, 1.165) is 42.7 Å². The average molecular weight is 472 g/mol. The van der Waals surface area contributed by atoms with Crippen molar-refractivity contribution in [2.24, 2.45) is 5.73 Å². The summed E-state index contributed by atoms with van der Waals surface area (Å²) in [4.78, 5) is 26.5. The Bertz CT molecular complexity index is 981. The first-order valence-electron chi connectivity index (χ1n) is 11.3. The second-order valence-electron chi connectivity index (χ2n) is 9.64. The zero-order valence-corrected chi connectivity index (χ0v) is 20.6. The van der Waals surface area contributed by atoms with Crippen LogP contribution in [0.25, 0.3) is 0 Å². The summed E-state index contributed by atoms with van der Waals surface area (Å²) in [5, 5.41) is 3.98. The Morgan fingerprint density at radius 1 is 1.12 bits per heavy atom. The summed E-state index contributed by atoms with van der Waals surface area (Å²) in [6, 6.07) is 14.6. The molecule has 1 fully saturated rings. The first-order chi connectivity index (χ1) is 15.5. The molecular formula is C26H34ClN3O3. The molecule has 178 valence electrons.